The van der Waals surface area contributed by atoms with Crippen LogP contribution in [-0.2, 0) is 4.79 Å². The first-order valence-corrected chi connectivity index (χ1v) is 4.68. The molecule has 0 saturated carbocycles. The number of carbonyl (C=O) groups excluding carboxylic acids is 1. The smallest absolute Gasteiger partial charge is 0.129 e. The van der Waals surface area contributed by atoms with Gasteiger partial charge in [-0.3, -0.25) is 0 Å². The zero-order valence-electron chi connectivity index (χ0n) is 8.44. The van der Waals surface area contributed by atoms with Gasteiger partial charge in [0.15, 0.2) is 0 Å². The summed E-state index contributed by atoms with van der Waals surface area (Å²) in [5, 5.41) is 0. The van der Waals surface area contributed by atoms with Gasteiger partial charge in [0.25, 0.3) is 0 Å². The van der Waals surface area contributed by atoms with E-state index in [2.05, 4.69) is 13.8 Å². The summed E-state index contributed by atoms with van der Waals surface area (Å²) < 4.78 is 0. The fourth-order valence-electron chi connectivity index (χ4n) is 0.706. The molecule has 0 aromatic heterocycles. The van der Waals surface area contributed by atoms with E-state index in [0.717, 1.165) is 12.8 Å². The van der Waals surface area contributed by atoms with Crippen molar-refractivity contribution in [2.24, 2.45) is 0 Å². The van der Waals surface area contributed by atoms with Crippen LogP contribution in [0.5, 0.6) is 0 Å². The molecule has 1 nitrogen and oxygen atoms in total. The highest BCUT2D eigenvalue weighted by Gasteiger charge is 1.83. The number of rotatable bonds is 4. The van der Waals surface area contributed by atoms with Gasteiger partial charge >= 0.3 is 0 Å². The van der Waals surface area contributed by atoms with Crippen LogP contribution in [0.3, 0.4) is 0 Å². The van der Waals surface area contributed by atoms with Crippen molar-refractivity contribution in [1.29, 1.82) is 0 Å². The highest BCUT2D eigenvalue weighted by atomic mass is 16.1. The number of carbonyl (C=O) groups is 1. The molecule has 0 radical (unpaired) electrons. The summed E-state index contributed by atoms with van der Waals surface area (Å²) in [4.78, 5) is 10.0. The van der Waals surface area contributed by atoms with Crippen molar-refractivity contribution in [3.05, 3.63) is 0 Å². The summed E-state index contributed by atoms with van der Waals surface area (Å²) in [7, 11) is 0. The molecule has 0 saturated heterocycles. The van der Waals surface area contributed by atoms with E-state index < -0.39 is 0 Å². The van der Waals surface area contributed by atoms with Crippen LogP contribution in [-0.4, -0.2) is 5.78 Å². The quantitative estimate of drug-likeness (QED) is 0.611. The highest BCUT2D eigenvalue weighted by molar-refractivity contribution is 5.75. The average molecular weight is 158 g/mol. The van der Waals surface area contributed by atoms with E-state index >= 15 is 0 Å². The first kappa shape index (κ1) is 13.3. The minimum Gasteiger partial charge on any atom is -0.300 e. The fraction of sp³-hybridized carbons (Fsp3) is 0.900. The molecule has 0 aliphatic heterocycles. The molecule has 0 spiro atoms. The van der Waals surface area contributed by atoms with Crippen molar-refractivity contribution < 1.29 is 4.79 Å². The maximum atomic E-state index is 10.0. The van der Waals surface area contributed by atoms with Gasteiger partial charge < -0.3 is 4.79 Å². The van der Waals surface area contributed by atoms with Gasteiger partial charge in [0.2, 0.25) is 0 Å². The Morgan fingerprint density at radius 2 is 1.45 bits per heavy atom. The Hall–Kier alpha value is -0.330. The van der Waals surface area contributed by atoms with Crippen LogP contribution in [0.2, 0.25) is 0 Å². The molecule has 0 atom stereocenters. The Balaban J connectivity index is 0. The van der Waals surface area contributed by atoms with Gasteiger partial charge in [-0.1, -0.05) is 40.0 Å². The van der Waals surface area contributed by atoms with E-state index in [1.807, 2.05) is 6.92 Å². The minimum atomic E-state index is 0.289. The molecule has 68 valence electrons. The van der Waals surface area contributed by atoms with Gasteiger partial charge in [-0.15, -0.1) is 0 Å². The number of Topliss-reactive ketones (excluding diaryl/α,β-unsaturated/α-hetero) is 1. The van der Waals surface area contributed by atoms with Crippen LogP contribution >= 0.6 is 0 Å². The second kappa shape index (κ2) is 12.4. The standard InChI is InChI=1S/C5H10O.C5H12/c1-3-4-5(2)6;1-3-5-4-2/h3-4H2,1-2H3;3-5H2,1-2H3. The SMILES string of the molecule is CCCC(C)=O.CCCCC. The third-order valence-corrected chi connectivity index (χ3v) is 1.31. The molecule has 0 aromatic carbocycles. The second-order valence-corrected chi connectivity index (χ2v) is 2.81. The maximum Gasteiger partial charge on any atom is 0.129 e. The third-order valence-electron chi connectivity index (χ3n) is 1.31. The van der Waals surface area contributed by atoms with E-state index in [1.165, 1.54) is 19.3 Å². The zero-order chi connectivity index (χ0) is 9.11. The van der Waals surface area contributed by atoms with Crippen LogP contribution in [0, 0.1) is 0 Å². The van der Waals surface area contributed by atoms with Crippen LogP contribution in [0.1, 0.15) is 59.8 Å². The van der Waals surface area contributed by atoms with Crippen LogP contribution < -0.4 is 0 Å². The Labute approximate surface area is 71.2 Å². The Morgan fingerprint density at radius 1 is 1.00 bits per heavy atom. The largest absolute Gasteiger partial charge is 0.300 e. The number of ketones is 1. The molecule has 0 unspecified atom stereocenters. The molecule has 0 rings (SSSR count). The lowest BCUT2D eigenvalue weighted by atomic mass is 10.3. The van der Waals surface area contributed by atoms with Crippen molar-refractivity contribution in [2.75, 3.05) is 0 Å². The minimum absolute atomic E-state index is 0.289. The van der Waals surface area contributed by atoms with Gasteiger partial charge in [0.1, 0.15) is 5.78 Å². The van der Waals surface area contributed by atoms with Crippen molar-refractivity contribution in [3.63, 3.8) is 0 Å². The summed E-state index contributed by atoms with van der Waals surface area (Å²) >= 11 is 0. The van der Waals surface area contributed by atoms with Crippen molar-refractivity contribution in [1.82, 2.24) is 0 Å². The van der Waals surface area contributed by atoms with Gasteiger partial charge in [0.05, 0.1) is 0 Å². The lowest BCUT2D eigenvalue weighted by Crippen LogP contribution is -1.84. The van der Waals surface area contributed by atoms with E-state index in [1.54, 1.807) is 6.92 Å². The lowest BCUT2D eigenvalue weighted by molar-refractivity contribution is -0.117. The molecule has 11 heavy (non-hydrogen) atoms. The topological polar surface area (TPSA) is 17.1 Å². The first-order valence-electron chi connectivity index (χ1n) is 4.68. The first-order chi connectivity index (χ1) is 5.18. The molecule has 0 N–H and O–H groups in total. The summed E-state index contributed by atoms with van der Waals surface area (Å²) in [6.07, 6.45) is 5.79. The van der Waals surface area contributed by atoms with Crippen molar-refractivity contribution in [2.45, 2.75) is 59.8 Å². The molecule has 0 aliphatic carbocycles. The van der Waals surface area contributed by atoms with Gasteiger partial charge in [-0.05, 0) is 13.3 Å². The monoisotopic (exact) mass is 158 g/mol. The number of hydrogen-bond donors (Lipinski definition) is 0. The summed E-state index contributed by atoms with van der Waals surface area (Å²) in [5.74, 6) is 0.289. The Kier molecular flexibility index (Phi) is 14.9. The van der Waals surface area contributed by atoms with Crippen LogP contribution in [0.25, 0.3) is 0 Å². The maximum absolute atomic E-state index is 10.0. The average Bonchev–Trinajstić information content (AvgIpc) is 1.90. The van der Waals surface area contributed by atoms with Gasteiger partial charge in [0, 0.05) is 6.42 Å². The molecule has 0 fully saturated rings. The molecule has 0 aliphatic rings. The van der Waals surface area contributed by atoms with E-state index in [4.69, 9.17) is 0 Å². The predicted molar refractivity (Wildman–Crippen MR) is 50.8 cm³/mol. The van der Waals surface area contributed by atoms with Crippen molar-refractivity contribution in [3.8, 4) is 0 Å². The van der Waals surface area contributed by atoms with E-state index in [0.29, 0.717) is 0 Å². The fourth-order valence-corrected chi connectivity index (χ4v) is 0.706. The van der Waals surface area contributed by atoms with Crippen LogP contribution in [0.4, 0.5) is 0 Å². The summed E-state index contributed by atoms with van der Waals surface area (Å²) in [6.45, 7) is 8.04. The third kappa shape index (κ3) is 26.1. The lowest BCUT2D eigenvalue weighted by Gasteiger charge is -1.80. The molecular weight excluding hydrogens is 136 g/mol. The Bertz CT molecular complexity index is 74.9. The van der Waals surface area contributed by atoms with Gasteiger partial charge in [-0.25, -0.2) is 0 Å². The van der Waals surface area contributed by atoms with Crippen molar-refractivity contribution >= 4 is 5.78 Å². The summed E-state index contributed by atoms with van der Waals surface area (Å²) in [6, 6.07) is 0. The predicted octanol–water partition coefficient (Wildman–Crippen LogP) is 3.57. The zero-order valence-corrected chi connectivity index (χ0v) is 8.44. The molecule has 0 amide bonds. The molecule has 0 aromatic rings. The molecule has 0 bridgehead atoms. The van der Waals surface area contributed by atoms with Gasteiger partial charge in [-0.2, -0.15) is 0 Å². The number of hydrogen-bond acceptors (Lipinski definition) is 1. The number of unbranched alkanes of at least 4 members (excludes halogenated alkanes) is 2. The van der Waals surface area contributed by atoms with Crippen LogP contribution in [0.15, 0.2) is 0 Å². The summed E-state index contributed by atoms with van der Waals surface area (Å²) in [5.41, 5.74) is 0. The second-order valence-electron chi connectivity index (χ2n) is 2.81. The molecule has 0 heterocycles. The molecule has 1 heteroatoms. The van der Waals surface area contributed by atoms with E-state index in [-0.39, 0.29) is 5.78 Å². The normalized spacial score (nSPS) is 8.36. The van der Waals surface area contributed by atoms with E-state index in [9.17, 15) is 4.79 Å². The highest BCUT2D eigenvalue weighted by Crippen LogP contribution is 1.88. The molecular formula is C10H22O. The Morgan fingerprint density at radius 3 is 1.45 bits per heavy atom.